The number of sulfone groups is 1. The quantitative estimate of drug-likeness (QED) is 0.617. The molecule has 2 rings (SSSR count). The first-order valence-corrected chi connectivity index (χ1v) is 7.20. The zero-order valence-electron chi connectivity index (χ0n) is 9.69. The highest BCUT2D eigenvalue weighted by Crippen LogP contribution is 2.08. The van der Waals surface area contributed by atoms with Crippen LogP contribution in [0.3, 0.4) is 0 Å². The zero-order chi connectivity index (χ0) is 13.0. The maximum atomic E-state index is 12.0. The predicted octanol–water partition coefficient (Wildman–Crippen LogP) is 1.34. The van der Waals surface area contributed by atoms with Gasteiger partial charge in [-0.2, -0.15) is 4.73 Å². The summed E-state index contributed by atoms with van der Waals surface area (Å²) in [5.41, 5.74) is 0.939. The van der Waals surface area contributed by atoms with Gasteiger partial charge in [0, 0.05) is 12.1 Å². The fraction of sp³-hybridized carbons (Fsp3) is 0.154. The van der Waals surface area contributed by atoms with E-state index >= 15 is 0 Å². The number of nitrogens with zero attached hydrogens (tertiary/aromatic N) is 1. The van der Waals surface area contributed by atoms with E-state index in [0.717, 1.165) is 5.56 Å². The minimum absolute atomic E-state index is 0.0662. The van der Waals surface area contributed by atoms with Gasteiger partial charge in [0.25, 0.3) is 0 Å². The summed E-state index contributed by atoms with van der Waals surface area (Å²) in [6.45, 7) is 0. The molecule has 0 saturated heterocycles. The monoisotopic (exact) mass is 263 g/mol. The van der Waals surface area contributed by atoms with Crippen LogP contribution in [0.2, 0.25) is 0 Å². The van der Waals surface area contributed by atoms with E-state index in [1.165, 1.54) is 18.3 Å². The third-order valence-corrected chi connectivity index (χ3v) is 4.30. The topological polar surface area (TPSA) is 61.1 Å². The number of pyridine rings is 1. The van der Waals surface area contributed by atoms with Crippen LogP contribution in [-0.4, -0.2) is 14.2 Å². The molecule has 0 amide bonds. The summed E-state index contributed by atoms with van der Waals surface area (Å²) in [7, 11) is -3.54. The number of rotatable bonds is 4. The summed E-state index contributed by atoms with van der Waals surface area (Å²) < 4.78 is 24.4. The third-order valence-electron chi connectivity index (χ3n) is 2.61. The van der Waals surface area contributed by atoms with Crippen LogP contribution in [0, 0.1) is 5.21 Å². The van der Waals surface area contributed by atoms with Gasteiger partial charge in [-0.25, -0.2) is 8.42 Å². The minimum atomic E-state index is -3.54. The molecule has 0 spiro atoms. The van der Waals surface area contributed by atoms with Gasteiger partial charge in [-0.05, 0) is 18.1 Å². The van der Waals surface area contributed by atoms with Crippen molar-refractivity contribution < 1.29 is 13.1 Å². The van der Waals surface area contributed by atoms with Crippen LogP contribution in [0.4, 0.5) is 0 Å². The molecule has 2 aromatic rings. The lowest BCUT2D eigenvalue weighted by Gasteiger charge is -2.05. The van der Waals surface area contributed by atoms with Gasteiger partial charge < -0.3 is 5.21 Å². The minimum Gasteiger partial charge on any atom is -0.618 e. The lowest BCUT2D eigenvalue weighted by Crippen LogP contribution is -2.34. The number of hydrogen-bond acceptors (Lipinski definition) is 3. The van der Waals surface area contributed by atoms with Crippen molar-refractivity contribution in [2.45, 2.75) is 11.4 Å². The van der Waals surface area contributed by atoms with Crippen LogP contribution in [0.5, 0.6) is 0 Å². The molecule has 0 saturated carbocycles. The smallest absolute Gasteiger partial charge is 0.308 e. The third kappa shape index (κ3) is 2.87. The summed E-state index contributed by atoms with van der Waals surface area (Å²) in [5.74, 6) is -0.0662. The van der Waals surface area contributed by atoms with Crippen molar-refractivity contribution in [2.24, 2.45) is 0 Å². The molecule has 4 nitrogen and oxygen atoms in total. The summed E-state index contributed by atoms with van der Waals surface area (Å²) >= 11 is 0. The molecule has 1 aromatic carbocycles. The molecule has 0 bridgehead atoms. The van der Waals surface area contributed by atoms with Crippen molar-refractivity contribution in [1.29, 1.82) is 0 Å². The summed E-state index contributed by atoms with van der Waals surface area (Å²) in [6.07, 6.45) is 1.59. The zero-order valence-corrected chi connectivity index (χ0v) is 10.5. The van der Waals surface area contributed by atoms with Crippen LogP contribution in [-0.2, 0) is 16.3 Å². The normalized spacial score (nSPS) is 11.3. The molecule has 1 aromatic heterocycles. The average Bonchev–Trinajstić information content (AvgIpc) is 2.38. The molecule has 0 aliphatic carbocycles. The second-order valence-electron chi connectivity index (χ2n) is 3.92. The van der Waals surface area contributed by atoms with E-state index in [2.05, 4.69) is 0 Å². The fourth-order valence-corrected chi connectivity index (χ4v) is 2.99. The van der Waals surface area contributed by atoms with Crippen LogP contribution < -0.4 is 4.73 Å². The summed E-state index contributed by atoms with van der Waals surface area (Å²) in [5, 5.41) is 11.2. The van der Waals surface area contributed by atoms with Crippen LogP contribution in [0.1, 0.15) is 5.56 Å². The molecule has 5 heteroatoms. The first-order chi connectivity index (χ1) is 8.59. The molecule has 94 valence electrons. The van der Waals surface area contributed by atoms with Crippen molar-refractivity contribution in [3.05, 3.63) is 65.5 Å². The molecular formula is C13H13NO3S. The Balaban J connectivity index is 2.16. The van der Waals surface area contributed by atoms with Crippen LogP contribution in [0.25, 0.3) is 0 Å². The molecule has 0 atom stereocenters. The first-order valence-electron chi connectivity index (χ1n) is 5.54. The molecule has 0 aliphatic heterocycles. The van der Waals surface area contributed by atoms with Gasteiger partial charge in [-0.3, -0.25) is 0 Å². The van der Waals surface area contributed by atoms with E-state index in [9.17, 15) is 13.6 Å². The lowest BCUT2D eigenvalue weighted by molar-refractivity contribution is -0.646. The van der Waals surface area contributed by atoms with E-state index < -0.39 is 9.84 Å². The van der Waals surface area contributed by atoms with Crippen molar-refractivity contribution >= 4 is 9.84 Å². The maximum absolute atomic E-state index is 12.0. The summed E-state index contributed by atoms with van der Waals surface area (Å²) in [4.78, 5) is 0. The average molecular weight is 263 g/mol. The Labute approximate surface area is 106 Å². The molecule has 18 heavy (non-hydrogen) atoms. The molecule has 0 unspecified atom stereocenters. The van der Waals surface area contributed by atoms with Crippen LogP contribution >= 0.6 is 0 Å². The Morgan fingerprint density at radius 3 is 2.33 bits per heavy atom. The van der Waals surface area contributed by atoms with E-state index in [1.54, 1.807) is 6.07 Å². The largest absolute Gasteiger partial charge is 0.618 e. The SMILES string of the molecule is O=S(=O)(CCc1ccccc1)c1cccc[n+]1[O-]. The second kappa shape index (κ2) is 5.18. The molecule has 0 N–H and O–H groups in total. The highest BCUT2D eigenvalue weighted by molar-refractivity contribution is 7.91. The van der Waals surface area contributed by atoms with E-state index in [-0.39, 0.29) is 10.8 Å². The highest BCUT2D eigenvalue weighted by Gasteiger charge is 2.22. The van der Waals surface area contributed by atoms with Gasteiger partial charge in [0.05, 0.1) is 5.75 Å². The van der Waals surface area contributed by atoms with Gasteiger partial charge >= 0.3 is 5.03 Å². The number of benzene rings is 1. The Morgan fingerprint density at radius 2 is 1.67 bits per heavy atom. The van der Waals surface area contributed by atoms with Crippen molar-refractivity contribution in [2.75, 3.05) is 5.75 Å². The second-order valence-corrected chi connectivity index (χ2v) is 5.98. The van der Waals surface area contributed by atoms with Gasteiger partial charge in [0.15, 0.2) is 6.20 Å². The Bertz CT molecular complexity index is 624. The standard InChI is InChI=1S/C13H13NO3S/c15-14-10-5-4-8-13(14)18(16,17)11-9-12-6-2-1-3-7-12/h1-8,10H,9,11H2. The fourth-order valence-electron chi connectivity index (χ4n) is 1.65. The number of aromatic nitrogens is 1. The Morgan fingerprint density at radius 1 is 1.00 bits per heavy atom. The first kappa shape index (κ1) is 12.6. The van der Waals surface area contributed by atoms with Gasteiger partial charge in [-0.1, -0.05) is 30.3 Å². The van der Waals surface area contributed by atoms with Crippen molar-refractivity contribution in [3.63, 3.8) is 0 Å². The van der Waals surface area contributed by atoms with Crippen LogP contribution in [0.15, 0.2) is 59.8 Å². The number of hydrogen-bond donors (Lipinski definition) is 0. The molecule has 0 radical (unpaired) electrons. The number of aryl methyl sites for hydroxylation is 1. The molecule has 0 fully saturated rings. The molecule has 0 aliphatic rings. The van der Waals surface area contributed by atoms with E-state index in [1.807, 2.05) is 30.3 Å². The van der Waals surface area contributed by atoms with Crippen molar-refractivity contribution in [3.8, 4) is 0 Å². The van der Waals surface area contributed by atoms with Crippen molar-refractivity contribution in [1.82, 2.24) is 0 Å². The lowest BCUT2D eigenvalue weighted by atomic mass is 10.2. The van der Waals surface area contributed by atoms with E-state index in [0.29, 0.717) is 11.2 Å². The molecule has 1 heterocycles. The van der Waals surface area contributed by atoms with E-state index in [4.69, 9.17) is 0 Å². The molecular weight excluding hydrogens is 250 g/mol. The van der Waals surface area contributed by atoms with Gasteiger partial charge in [-0.15, -0.1) is 0 Å². The van der Waals surface area contributed by atoms with Gasteiger partial charge in [0.1, 0.15) is 0 Å². The maximum Gasteiger partial charge on any atom is 0.308 e. The highest BCUT2D eigenvalue weighted by atomic mass is 32.2. The summed E-state index contributed by atoms with van der Waals surface area (Å²) in [6, 6.07) is 13.7. The Hall–Kier alpha value is -1.88. The van der Waals surface area contributed by atoms with Gasteiger partial charge in [0.2, 0.25) is 9.84 Å². The Kier molecular flexibility index (Phi) is 3.62. The predicted molar refractivity (Wildman–Crippen MR) is 67.6 cm³/mol.